The molecule has 1 N–H and O–H groups in total. The van der Waals surface area contributed by atoms with Crippen molar-refractivity contribution in [3.63, 3.8) is 0 Å². The molecule has 210 valence electrons. The monoisotopic (exact) mass is 568 g/mol. The van der Waals surface area contributed by atoms with Crippen LogP contribution < -0.4 is 5.32 Å². The Morgan fingerprint density at radius 1 is 1.20 bits per heavy atom. The summed E-state index contributed by atoms with van der Waals surface area (Å²) >= 11 is 5.78. The van der Waals surface area contributed by atoms with Gasteiger partial charge < -0.3 is 14.2 Å². The standard InChI is InChI=1S/C29H30ClFN4O5/c1-17(36)22-14-34(24-12-19(8-11-21(22)24)33-28(39)40-29(2,3)4)16-26(38)35(20-9-10-20)15-25(37)32-13-18-6-5-7-23(30)27(18)31/h5-8,11-14,20H,9-10,15-16H2,1-4H3,(H,33,39). The lowest BCUT2D eigenvalue weighted by atomic mass is 10.1. The summed E-state index contributed by atoms with van der Waals surface area (Å²) in [7, 11) is 0. The van der Waals surface area contributed by atoms with E-state index in [1.54, 1.807) is 55.8 Å². The number of fused-ring (bicyclic) bond motifs is 1. The second kappa shape index (κ2) is 11.6. The molecule has 1 fully saturated rings. The lowest BCUT2D eigenvalue weighted by Gasteiger charge is -2.21. The molecule has 0 atom stereocenters. The number of nitrogens with zero attached hydrogens (tertiary/aromatic N) is 3. The number of carbonyl (C=O) groups is 4. The lowest BCUT2D eigenvalue weighted by Crippen LogP contribution is -2.39. The SMILES string of the molecule is CC(=O)c1cn(CC(=O)N(CC(=O)N=Cc2cccc(Cl)c2F)C2CC2)c2cc(NC(=O)OC(C)(C)C)ccc12. The summed E-state index contributed by atoms with van der Waals surface area (Å²) in [5, 5.41) is 3.21. The zero-order valence-electron chi connectivity index (χ0n) is 22.7. The molecule has 0 bridgehead atoms. The minimum absolute atomic E-state index is 0.0662. The van der Waals surface area contributed by atoms with Crippen molar-refractivity contribution in [1.29, 1.82) is 0 Å². The number of aromatic nitrogens is 1. The fourth-order valence-electron chi connectivity index (χ4n) is 4.19. The Bertz CT molecular complexity index is 1520. The number of rotatable bonds is 8. The van der Waals surface area contributed by atoms with Crippen LogP contribution in [0, 0.1) is 5.82 Å². The largest absolute Gasteiger partial charge is 0.444 e. The molecule has 4 rings (SSSR count). The topological polar surface area (TPSA) is 110 Å². The number of nitrogens with one attached hydrogen (secondary N) is 1. The fourth-order valence-corrected chi connectivity index (χ4v) is 4.38. The Morgan fingerprint density at radius 3 is 2.58 bits per heavy atom. The number of aliphatic imine (C=N–C) groups is 1. The average molecular weight is 569 g/mol. The quantitative estimate of drug-likeness (QED) is 0.280. The Kier molecular flexibility index (Phi) is 8.39. The molecule has 0 radical (unpaired) electrons. The number of carbonyl (C=O) groups excluding carboxylic acids is 4. The van der Waals surface area contributed by atoms with E-state index in [1.807, 2.05) is 0 Å². The van der Waals surface area contributed by atoms with Crippen molar-refractivity contribution in [3.05, 3.63) is 64.6 Å². The molecule has 9 nitrogen and oxygen atoms in total. The third-order valence-electron chi connectivity index (χ3n) is 6.16. The fraction of sp³-hybridized carbons (Fsp3) is 0.345. The van der Waals surface area contributed by atoms with Crippen molar-refractivity contribution < 1.29 is 28.3 Å². The van der Waals surface area contributed by atoms with Gasteiger partial charge in [-0.1, -0.05) is 29.8 Å². The molecular weight excluding hydrogens is 539 g/mol. The van der Waals surface area contributed by atoms with Gasteiger partial charge >= 0.3 is 6.09 Å². The molecule has 1 aliphatic rings. The number of Topliss-reactive ketones (excluding diaryl/α,β-unsaturated/α-hetero) is 1. The maximum Gasteiger partial charge on any atom is 0.412 e. The van der Waals surface area contributed by atoms with Gasteiger partial charge in [0.15, 0.2) is 11.6 Å². The van der Waals surface area contributed by atoms with E-state index in [4.69, 9.17) is 16.3 Å². The Morgan fingerprint density at radius 2 is 1.93 bits per heavy atom. The van der Waals surface area contributed by atoms with Gasteiger partial charge in [0.2, 0.25) is 5.91 Å². The summed E-state index contributed by atoms with van der Waals surface area (Å²) in [6.07, 6.45) is 3.55. The number of halogens is 2. The number of ketones is 1. The van der Waals surface area contributed by atoms with Gasteiger partial charge in [-0.25, -0.2) is 14.2 Å². The molecule has 1 aromatic heterocycles. The molecule has 1 heterocycles. The van der Waals surface area contributed by atoms with Crippen LogP contribution in [0.5, 0.6) is 0 Å². The smallest absolute Gasteiger partial charge is 0.412 e. The van der Waals surface area contributed by atoms with E-state index in [1.165, 1.54) is 24.0 Å². The van der Waals surface area contributed by atoms with E-state index in [2.05, 4.69) is 10.3 Å². The molecule has 1 saturated carbocycles. The number of benzene rings is 2. The molecule has 0 saturated heterocycles. The van der Waals surface area contributed by atoms with Crippen LogP contribution in [0.1, 0.15) is 56.5 Å². The molecular formula is C29H30ClFN4O5. The summed E-state index contributed by atoms with van der Waals surface area (Å²) in [5.41, 5.74) is 0.799. The van der Waals surface area contributed by atoms with Gasteiger partial charge in [0.25, 0.3) is 5.91 Å². The summed E-state index contributed by atoms with van der Waals surface area (Å²) in [6, 6.07) is 9.29. The van der Waals surface area contributed by atoms with Crippen LogP contribution in [0.2, 0.25) is 5.02 Å². The second-order valence-corrected chi connectivity index (χ2v) is 11.0. The summed E-state index contributed by atoms with van der Waals surface area (Å²) in [6.45, 7) is 6.28. The van der Waals surface area contributed by atoms with Crippen LogP contribution in [-0.2, 0) is 20.9 Å². The van der Waals surface area contributed by atoms with Gasteiger partial charge in [-0.15, -0.1) is 0 Å². The first-order chi connectivity index (χ1) is 18.8. The molecule has 1 aliphatic carbocycles. The second-order valence-electron chi connectivity index (χ2n) is 10.6. The van der Waals surface area contributed by atoms with Crippen LogP contribution in [0.15, 0.2) is 47.6 Å². The first kappa shape index (κ1) is 28.9. The zero-order valence-corrected chi connectivity index (χ0v) is 23.4. The molecule has 3 amide bonds. The van der Waals surface area contributed by atoms with E-state index in [-0.39, 0.29) is 41.4 Å². The minimum atomic E-state index is -0.683. The van der Waals surface area contributed by atoms with Crippen LogP contribution in [0.25, 0.3) is 10.9 Å². The number of anilines is 1. The highest BCUT2D eigenvalue weighted by Gasteiger charge is 2.34. The molecule has 0 aliphatic heterocycles. The highest BCUT2D eigenvalue weighted by molar-refractivity contribution is 6.31. The van der Waals surface area contributed by atoms with Crippen LogP contribution >= 0.6 is 11.6 Å². The molecule has 40 heavy (non-hydrogen) atoms. The molecule has 11 heteroatoms. The third kappa shape index (κ3) is 7.12. The zero-order chi connectivity index (χ0) is 29.2. The van der Waals surface area contributed by atoms with Crippen molar-refractivity contribution in [2.24, 2.45) is 4.99 Å². The number of amides is 3. The minimum Gasteiger partial charge on any atom is -0.444 e. The van der Waals surface area contributed by atoms with Gasteiger partial charge in [0.1, 0.15) is 18.7 Å². The molecule has 2 aromatic carbocycles. The first-order valence-corrected chi connectivity index (χ1v) is 13.1. The van der Waals surface area contributed by atoms with E-state index in [9.17, 15) is 23.6 Å². The molecule has 0 spiro atoms. The lowest BCUT2D eigenvalue weighted by molar-refractivity contribution is -0.136. The van der Waals surface area contributed by atoms with E-state index in [0.29, 0.717) is 22.2 Å². The third-order valence-corrected chi connectivity index (χ3v) is 6.45. The Balaban J connectivity index is 1.54. The van der Waals surface area contributed by atoms with Gasteiger partial charge in [-0.2, -0.15) is 0 Å². The maximum absolute atomic E-state index is 14.1. The Hall–Kier alpha value is -4.05. The van der Waals surface area contributed by atoms with Gasteiger partial charge in [0, 0.05) is 40.7 Å². The number of hydrogen-bond donors (Lipinski definition) is 1. The number of ether oxygens (including phenoxy) is 1. The first-order valence-electron chi connectivity index (χ1n) is 12.8. The predicted octanol–water partition coefficient (Wildman–Crippen LogP) is 5.62. The molecule has 3 aromatic rings. The normalized spacial score (nSPS) is 13.4. The van der Waals surface area contributed by atoms with Crippen LogP contribution in [0.3, 0.4) is 0 Å². The van der Waals surface area contributed by atoms with Gasteiger partial charge in [0.05, 0.1) is 10.5 Å². The summed E-state index contributed by atoms with van der Waals surface area (Å²) in [5.74, 6) is -1.80. The van der Waals surface area contributed by atoms with Gasteiger partial charge in [-0.05, 0) is 58.7 Å². The molecule has 0 unspecified atom stereocenters. The van der Waals surface area contributed by atoms with Crippen LogP contribution in [-0.4, -0.2) is 57.6 Å². The highest BCUT2D eigenvalue weighted by atomic mass is 35.5. The summed E-state index contributed by atoms with van der Waals surface area (Å²) < 4.78 is 21.1. The van der Waals surface area contributed by atoms with Gasteiger partial charge in [-0.3, -0.25) is 19.7 Å². The van der Waals surface area contributed by atoms with Crippen molar-refractivity contribution in [1.82, 2.24) is 9.47 Å². The highest BCUT2D eigenvalue weighted by Crippen LogP contribution is 2.29. The predicted molar refractivity (Wildman–Crippen MR) is 151 cm³/mol. The van der Waals surface area contributed by atoms with E-state index in [0.717, 1.165) is 19.1 Å². The van der Waals surface area contributed by atoms with Crippen LogP contribution in [0.4, 0.5) is 14.9 Å². The van der Waals surface area contributed by atoms with E-state index >= 15 is 0 Å². The van der Waals surface area contributed by atoms with Crippen molar-refractivity contribution in [2.45, 2.75) is 58.7 Å². The average Bonchev–Trinajstić information content (AvgIpc) is 3.64. The maximum atomic E-state index is 14.1. The van der Waals surface area contributed by atoms with E-state index < -0.39 is 23.4 Å². The number of hydrogen-bond acceptors (Lipinski definition) is 5. The Labute approximate surface area is 235 Å². The van der Waals surface area contributed by atoms with Crippen molar-refractivity contribution >= 4 is 58.1 Å². The van der Waals surface area contributed by atoms with Crippen molar-refractivity contribution in [2.75, 3.05) is 11.9 Å². The summed E-state index contributed by atoms with van der Waals surface area (Å²) in [4.78, 5) is 55.9. The van der Waals surface area contributed by atoms with Crippen molar-refractivity contribution in [3.8, 4) is 0 Å².